The van der Waals surface area contributed by atoms with Crippen LogP contribution in [0.4, 0.5) is 4.79 Å². The van der Waals surface area contributed by atoms with Gasteiger partial charge < -0.3 is 15.5 Å². The van der Waals surface area contributed by atoms with Crippen LogP contribution < -0.4 is 5.73 Å². The van der Waals surface area contributed by atoms with Crippen LogP contribution in [0.2, 0.25) is 0 Å². The Hall–Kier alpha value is -2.13. The fourth-order valence-corrected chi connectivity index (χ4v) is 5.61. The highest BCUT2D eigenvalue weighted by Crippen LogP contribution is 2.24. The van der Waals surface area contributed by atoms with E-state index in [-0.39, 0.29) is 11.8 Å². The number of urea groups is 1. The number of benzene rings is 1. The zero-order valence-corrected chi connectivity index (χ0v) is 17.2. The van der Waals surface area contributed by atoms with E-state index in [1.54, 1.807) is 28.9 Å². The average Bonchev–Trinajstić information content (AvgIpc) is 2.67. The number of piperidine rings is 1. The first kappa shape index (κ1) is 20.6. The minimum atomic E-state index is -3.56. The van der Waals surface area contributed by atoms with Gasteiger partial charge in [-0.1, -0.05) is 17.7 Å². The molecule has 3 rings (SSSR count). The second-order valence-electron chi connectivity index (χ2n) is 7.60. The van der Waals surface area contributed by atoms with Crippen molar-refractivity contribution in [3.63, 3.8) is 0 Å². The van der Waals surface area contributed by atoms with Crippen molar-refractivity contribution in [1.82, 2.24) is 14.1 Å². The molecule has 0 saturated carbocycles. The largest absolute Gasteiger partial charge is 0.351 e. The van der Waals surface area contributed by atoms with Crippen molar-refractivity contribution in [2.24, 2.45) is 11.7 Å². The predicted molar refractivity (Wildman–Crippen MR) is 105 cm³/mol. The first-order chi connectivity index (χ1) is 13.2. The minimum absolute atomic E-state index is 0.0488. The Bertz CT molecular complexity index is 855. The molecule has 2 fully saturated rings. The van der Waals surface area contributed by atoms with E-state index in [4.69, 9.17) is 5.73 Å². The van der Waals surface area contributed by atoms with Crippen molar-refractivity contribution < 1.29 is 18.0 Å². The number of carbonyl (C=O) groups is 2. The van der Waals surface area contributed by atoms with E-state index >= 15 is 0 Å². The second-order valence-corrected chi connectivity index (χ2v) is 9.50. The van der Waals surface area contributed by atoms with Gasteiger partial charge in [0.05, 0.1) is 4.90 Å². The SMILES string of the molecule is Cc1ccc(S(=O)(=O)N2CCN(C(=O)C3CCN(C(N)=O)CC3)CC2)c(C)c1. The van der Waals surface area contributed by atoms with Gasteiger partial charge in [-0.15, -0.1) is 0 Å². The molecule has 2 aliphatic rings. The zero-order valence-electron chi connectivity index (χ0n) is 16.4. The van der Waals surface area contributed by atoms with Crippen LogP contribution in [0, 0.1) is 19.8 Å². The van der Waals surface area contributed by atoms with E-state index < -0.39 is 16.1 Å². The minimum Gasteiger partial charge on any atom is -0.351 e. The molecule has 2 aliphatic heterocycles. The Kier molecular flexibility index (Phi) is 5.95. The lowest BCUT2D eigenvalue weighted by molar-refractivity contribution is -0.138. The van der Waals surface area contributed by atoms with E-state index in [9.17, 15) is 18.0 Å². The summed E-state index contributed by atoms with van der Waals surface area (Å²) in [5.74, 6) is -0.0780. The highest BCUT2D eigenvalue weighted by atomic mass is 32.2. The summed E-state index contributed by atoms with van der Waals surface area (Å²) in [6.07, 6.45) is 1.20. The van der Waals surface area contributed by atoms with Crippen LogP contribution in [-0.2, 0) is 14.8 Å². The maximum atomic E-state index is 13.0. The van der Waals surface area contributed by atoms with Crippen molar-refractivity contribution in [2.45, 2.75) is 31.6 Å². The molecule has 28 heavy (non-hydrogen) atoms. The van der Waals surface area contributed by atoms with Gasteiger partial charge in [0, 0.05) is 45.2 Å². The van der Waals surface area contributed by atoms with E-state index in [0.717, 1.165) is 11.1 Å². The van der Waals surface area contributed by atoms with Crippen LogP contribution in [0.1, 0.15) is 24.0 Å². The number of rotatable bonds is 3. The number of likely N-dealkylation sites (tertiary alicyclic amines) is 1. The molecule has 2 N–H and O–H groups in total. The molecule has 0 aliphatic carbocycles. The van der Waals surface area contributed by atoms with Gasteiger partial charge in [0.25, 0.3) is 0 Å². The maximum absolute atomic E-state index is 13.0. The first-order valence-electron chi connectivity index (χ1n) is 9.60. The van der Waals surface area contributed by atoms with E-state index in [2.05, 4.69) is 0 Å². The molecule has 0 unspecified atom stereocenters. The van der Waals surface area contributed by atoms with Gasteiger partial charge in [-0.05, 0) is 38.3 Å². The lowest BCUT2D eigenvalue weighted by Gasteiger charge is -2.38. The van der Waals surface area contributed by atoms with Crippen molar-refractivity contribution >= 4 is 22.0 Å². The number of nitrogens with zero attached hydrogens (tertiary/aromatic N) is 3. The Morgan fingerprint density at radius 2 is 1.57 bits per heavy atom. The number of sulfonamides is 1. The zero-order chi connectivity index (χ0) is 20.5. The number of nitrogens with two attached hydrogens (primary N) is 1. The summed E-state index contributed by atoms with van der Waals surface area (Å²) in [4.78, 5) is 27.6. The summed E-state index contributed by atoms with van der Waals surface area (Å²) in [5.41, 5.74) is 7.04. The number of hydrogen-bond acceptors (Lipinski definition) is 4. The number of piperazine rings is 1. The molecule has 154 valence electrons. The van der Waals surface area contributed by atoms with Crippen molar-refractivity contribution in [2.75, 3.05) is 39.3 Å². The Morgan fingerprint density at radius 1 is 0.964 bits per heavy atom. The van der Waals surface area contributed by atoms with Crippen LogP contribution in [0.3, 0.4) is 0 Å². The molecule has 0 bridgehead atoms. The number of carbonyl (C=O) groups excluding carboxylic acids is 2. The Morgan fingerprint density at radius 3 is 2.11 bits per heavy atom. The maximum Gasteiger partial charge on any atom is 0.314 e. The summed E-state index contributed by atoms with van der Waals surface area (Å²) in [7, 11) is -3.56. The molecular weight excluding hydrogens is 380 g/mol. The normalized spacial score (nSPS) is 19.6. The summed E-state index contributed by atoms with van der Waals surface area (Å²) in [5, 5.41) is 0. The number of hydrogen-bond donors (Lipinski definition) is 1. The fraction of sp³-hybridized carbons (Fsp3) is 0.579. The molecule has 2 saturated heterocycles. The Labute approximate surface area is 166 Å². The number of amides is 3. The van der Waals surface area contributed by atoms with Crippen LogP contribution in [0.15, 0.2) is 23.1 Å². The van der Waals surface area contributed by atoms with Crippen LogP contribution >= 0.6 is 0 Å². The molecular formula is C19H28N4O4S. The second kappa shape index (κ2) is 8.08. The monoisotopic (exact) mass is 408 g/mol. The molecule has 0 radical (unpaired) electrons. The van der Waals surface area contributed by atoms with Crippen molar-refractivity contribution in [1.29, 1.82) is 0 Å². The van der Waals surface area contributed by atoms with E-state index in [0.29, 0.717) is 57.0 Å². The van der Waals surface area contributed by atoms with Crippen LogP contribution in [0.5, 0.6) is 0 Å². The van der Waals surface area contributed by atoms with Gasteiger partial charge in [-0.25, -0.2) is 13.2 Å². The number of primary amides is 1. The highest BCUT2D eigenvalue weighted by molar-refractivity contribution is 7.89. The van der Waals surface area contributed by atoms with Crippen molar-refractivity contribution in [3.05, 3.63) is 29.3 Å². The number of aryl methyl sites for hydroxylation is 2. The third-order valence-corrected chi connectivity index (χ3v) is 7.71. The Balaban J connectivity index is 1.60. The van der Waals surface area contributed by atoms with E-state index in [1.807, 2.05) is 13.0 Å². The average molecular weight is 409 g/mol. The van der Waals surface area contributed by atoms with Gasteiger partial charge >= 0.3 is 6.03 Å². The van der Waals surface area contributed by atoms with Gasteiger partial charge in [0.2, 0.25) is 15.9 Å². The summed E-state index contributed by atoms with van der Waals surface area (Å²) >= 11 is 0. The van der Waals surface area contributed by atoms with Crippen LogP contribution in [-0.4, -0.2) is 73.7 Å². The molecule has 1 aromatic carbocycles. The quantitative estimate of drug-likeness (QED) is 0.803. The van der Waals surface area contributed by atoms with Gasteiger partial charge in [0.1, 0.15) is 0 Å². The molecule has 1 aromatic rings. The summed E-state index contributed by atoms with van der Waals surface area (Å²) in [6, 6.07) is 4.88. The van der Waals surface area contributed by atoms with E-state index in [1.165, 1.54) is 4.31 Å². The third kappa shape index (κ3) is 4.15. The fourth-order valence-electron chi connectivity index (χ4n) is 3.98. The third-order valence-electron chi connectivity index (χ3n) is 5.65. The summed E-state index contributed by atoms with van der Waals surface area (Å²) in [6.45, 7) is 6.08. The molecule has 0 aromatic heterocycles. The van der Waals surface area contributed by atoms with Crippen molar-refractivity contribution in [3.8, 4) is 0 Å². The standard InChI is InChI=1S/C19H28N4O4S/c1-14-3-4-17(15(2)13-14)28(26,27)23-11-9-21(10-12-23)18(24)16-5-7-22(8-6-16)19(20)25/h3-4,13,16H,5-12H2,1-2H3,(H2,20,25). The van der Waals surface area contributed by atoms with Gasteiger partial charge in [-0.2, -0.15) is 4.31 Å². The molecule has 3 amide bonds. The smallest absolute Gasteiger partial charge is 0.314 e. The van der Waals surface area contributed by atoms with Gasteiger partial charge in [0.15, 0.2) is 0 Å². The molecule has 0 spiro atoms. The molecule has 2 heterocycles. The van der Waals surface area contributed by atoms with Crippen LogP contribution in [0.25, 0.3) is 0 Å². The molecule has 0 atom stereocenters. The molecule has 9 heteroatoms. The topological polar surface area (TPSA) is 104 Å². The highest BCUT2D eigenvalue weighted by Gasteiger charge is 2.34. The lowest BCUT2D eigenvalue weighted by Crippen LogP contribution is -2.53. The predicted octanol–water partition coefficient (Wildman–Crippen LogP) is 0.927. The summed E-state index contributed by atoms with van der Waals surface area (Å²) < 4.78 is 27.4. The van der Waals surface area contributed by atoms with Gasteiger partial charge in [-0.3, -0.25) is 4.79 Å². The lowest BCUT2D eigenvalue weighted by atomic mass is 9.95. The first-order valence-corrected chi connectivity index (χ1v) is 11.0. The molecule has 8 nitrogen and oxygen atoms in total.